The summed E-state index contributed by atoms with van der Waals surface area (Å²) in [6.45, 7) is 0. The zero-order valence-electron chi connectivity index (χ0n) is 18.5. The summed E-state index contributed by atoms with van der Waals surface area (Å²) in [6.07, 6.45) is 4.93. The van der Waals surface area contributed by atoms with Crippen molar-refractivity contribution < 1.29 is 9.53 Å². The highest BCUT2D eigenvalue weighted by Gasteiger charge is 2.13. The first-order valence-corrected chi connectivity index (χ1v) is 11.0. The molecule has 168 valence electrons. The highest BCUT2D eigenvalue weighted by Crippen LogP contribution is 2.35. The summed E-state index contributed by atoms with van der Waals surface area (Å²) in [5.41, 5.74) is 1.03. The summed E-state index contributed by atoms with van der Waals surface area (Å²) in [7, 11) is 3.41. The number of hydrogen-bond donors (Lipinski definition) is 1. The summed E-state index contributed by atoms with van der Waals surface area (Å²) < 4.78 is 6.14. The Bertz CT molecular complexity index is 1320. The molecule has 3 heterocycles. The van der Waals surface area contributed by atoms with E-state index < -0.39 is 0 Å². The first-order valence-electron chi connectivity index (χ1n) is 10.2. The number of amides is 1. The molecule has 0 saturated heterocycles. The fourth-order valence-electron chi connectivity index (χ4n) is 2.89. The van der Waals surface area contributed by atoms with Crippen LogP contribution in [0.4, 0.5) is 11.6 Å². The van der Waals surface area contributed by atoms with Crippen molar-refractivity contribution in [2.45, 2.75) is 9.92 Å². The second-order valence-corrected chi connectivity index (χ2v) is 8.38. The van der Waals surface area contributed by atoms with Crippen LogP contribution in [0.15, 0.2) is 89.2 Å². The van der Waals surface area contributed by atoms with E-state index >= 15 is 0 Å². The van der Waals surface area contributed by atoms with Gasteiger partial charge in [0.05, 0.1) is 5.56 Å². The number of nitrogens with zero attached hydrogens (tertiary/aromatic N) is 5. The van der Waals surface area contributed by atoms with E-state index in [0.29, 0.717) is 34.3 Å². The molecule has 0 unspecified atom stereocenters. The molecule has 9 heteroatoms. The van der Waals surface area contributed by atoms with Crippen LogP contribution in [0.1, 0.15) is 15.9 Å². The molecule has 0 aliphatic heterocycles. The van der Waals surface area contributed by atoms with Gasteiger partial charge in [-0.15, -0.1) is 0 Å². The van der Waals surface area contributed by atoms with Gasteiger partial charge in [-0.2, -0.15) is 5.26 Å². The van der Waals surface area contributed by atoms with Gasteiger partial charge in [-0.05, 0) is 48.5 Å². The van der Waals surface area contributed by atoms with Crippen LogP contribution in [0.3, 0.4) is 0 Å². The van der Waals surface area contributed by atoms with Crippen LogP contribution in [0.2, 0.25) is 0 Å². The molecule has 4 aromatic rings. The fraction of sp³-hybridized carbons (Fsp3) is 0.0800. The van der Waals surface area contributed by atoms with E-state index in [1.165, 1.54) is 22.9 Å². The quantitative estimate of drug-likeness (QED) is 0.398. The maximum atomic E-state index is 12.2. The van der Waals surface area contributed by atoms with E-state index in [2.05, 4.69) is 20.3 Å². The lowest BCUT2D eigenvalue weighted by atomic mass is 10.2. The molecule has 1 N–H and O–H groups in total. The summed E-state index contributed by atoms with van der Waals surface area (Å²) in [4.78, 5) is 27.6. The third kappa shape index (κ3) is 5.68. The standard InChI is InChI=1S/C25H20N6O2S/c1-31(2)25(32)18-7-9-19(10-8-18)33-21-13-20(34-23-5-3-4-12-27-23)16-29-24(21)30-22-11-6-17(14-26)15-28-22/h3-13,15-16H,1-2H3,(H,28,29,30). The zero-order chi connectivity index (χ0) is 23.9. The predicted molar refractivity (Wildman–Crippen MR) is 129 cm³/mol. The number of benzene rings is 1. The molecule has 0 saturated carbocycles. The van der Waals surface area contributed by atoms with Crippen LogP contribution in [0.5, 0.6) is 11.5 Å². The number of aromatic nitrogens is 3. The van der Waals surface area contributed by atoms with Gasteiger partial charge in [0.15, 0.2) is 11.6 Å². The summed E-state index contributed by atoms with van der Waals surface area (Å²) >= 11 is 1.46. The Kier molecular flexibility index (Phi) is 7.01. The zero-order valence-corrected chi connectivity index (χ0v) is 19.3. The highest BCUT2D eigenvalue weighted by molar-refractivity contribution is 7.99. The Morgan fingerprint density at radius 1 is 1.03 bits per heavy atom. The largest absolute Gasteiger partial charge is 0.453 e. The summed E-state index contributed by atoms with van der Waals surface area (Å²) in [5.74, 6) is 1.91. The highest BCUT2D eigenvalue weighted by atomic mass is 32.2. The van der Waals surface area contributed by atoms with Gasteiger partial charge in [0.2, 0.25) is 0 Å². The predicted octanol–water partition coefficient (Wildman–Crippen LogP) is 5.13. The Balaban J connectivity index is 1.62. The van der Waals surface area contributed by atoms with Crippen molar-refractivity contribution in [1.29, 1.82) is 5.26 Å². The van der Waals surface area contributed by atoms with Crippen molar-refractivity contribution in [3.8, 4) is 17.6 Å². The number of hydrogen-bond acceptors (Lipinski definition) is 8. The fourth-order valence-corrected chi connectivity index (χ4v) is 3.66. The molecule has 0 atom stereocenters. The Labute approximate surface area is 201 Å². The van der Waals surface area contributed by atoms with Gasteiger partial charge in [-0.25, -0.2) is 15.0 Å². The minimum Gasteiger partial charge on any atom is -0.453 e. The third-order valence-electron chi connectivity index (χ3n) is 4.56. The van der Waals surface area contributed by atoms with Crippen LogP contribution in [0.25, 0.3) is 0 Å². The topological polar surface area (TPSA) is 104 Å². The lowest BCUT2D eigenvalue weighted by Gasteiger charge is -2.14. The van der Waals surface area contributed by atoms with Crippen LogP contribution in [-0.4, -0.2) is 39.9 Å². The molecule has 0 spiro atoms. The Morgan fingerprint density at radius 3 is 2.50 bits per heavy atom. The minimum absolute atomic E-state index is 0.0868. The molecule has 1 aromatic carbocycles. The van der Waals surface area contributed by atoms with E-state index in [1.807, 2.05) is 30.3 Å². The first-order chi connectivity index (χ1) is 16.5. The van der Waals surface area contributed by atoms with Crippen LogP contribution in [0, 0.1) is 11.3 Å². The second-order valence-electron chi connectivity index (χ2n) is 7.28. The van der Waals surface area contributed by atoms with Gasteiger partial charge in [0, 0.05) is 49.2 Å². The number of carbonyl (C=O) groups excluding carboxylic acids is 1. The van der Waals surface area contributed by atoms with E-state index in [4.69, 9.17) is 10.00 Å². The van der Waals surface area contributed by atoms with Crippen molar-refractivity contribution in [2.24, 2.45) is 0 Å². The molecule has 0 aliphatic carbocycles. The molecule has 34 heavy (non-hydrogen) atoms. The SMILES string of the molecule is CN(C)C(=O)c1ccc(Oc2cc(Sc3ccccn3)cnc2Nc2ccc(C#N)cn2)cc1. The lowest BCUT2D eigenvalue weighted by molar-refractivity contribution is 0.0827. The van der Waals surface area contributed by atoms with Gasteiger partial charge in [-0.1, -0.05) is 17.8 Å². The van der Waals surface area contributed by atoms with Crippen LogP contribution >= 0.6 is 11.8 Å². The normalized spacial score (nSPS) is 10.3. The van der Waals surface area contributed by atoms with Gasteiger partial charge in [-0.3, -0.25) is 4.79 Å². The van der Waals surface area contributed by atoms with Gasteiger partial charge in [0.25, 0.3) is 5.91 Å². The smallest absolute Gasteiger partial charge is 0.253 e. The van der Waals surface area contributed by atoms with Gasteiger partial charge < -0.3 is 15.0 Å². The molecule has 0 aliphatic rings. The first kappa shape index (κ1) is 22.8. The van der Waals surface area contributed by atoms with E-state index in [0.717, 1.165) is 9.92 Å². The second kappa shape index (κ2) is 10.5. The number of ether oxygens (including phenoxy) is 1. The molecule has 0 radical (unpaired) electrons. The Morgan fingerprint density at radius 2 is 1.85 bits per heavy atom. The average molecular weight is 469 g/mol. The summed E-state index contributed by atoms with van der Waals surface area (Å²) in [5, 5.41) is 13.0. The lowest BCUT2D eigenvalue weighted by Crippen LogP contribution is -2.21. The minimum atomic E-state index is -0.0868. The monoisotopic (exact) mass is 468 g/mol. The number of nitriles is 1. The van der Waals surface area contributed by atoms with Crippen molar-refractivity contribution in [1.82, 2.24) is 19.9 Å². The van der Waals surface area contributed by atoms with Crippen molar-refractivity contribution in [3.05, 3.63) is 90.4 Å². The molecular weight excluding hydrogens is 448 g/mol. The Hall–Kier alpha value is -4.42. The molecule has 3 aromatic heterocycles. The molecule has 0 bridgehead atoms. The molecule has 1 amide bonds. The van der Waals surface area contributed by atoms with E-state index in [9.17, 15) is 4.79 Å². The van der Waals surface area contributed by atoms with Crippen molar-refractivity contribution >= 4 is 29.3 Å². The van der Waals surface area contributed by atoms with E-state index in [-0.39, 0.29) is 5.91 Å². The van der Waals surface area contributed by atoms with Crippen molar-refractivity contribution in [2.75, 3.05) is 19.4 Å². The molecule has 8 nitrogen and oxygen atoms in total. The molecule has 0 fully saturated rings. The average Bonchev–Trinajstić information content (AvgIpc) is 2.86. The number of rotatable bonds is 7. The molecular formula is C25H20N6O2S. The maximum Gasteiger partial charge on any atom is 0.253 e. The number of anilines is 2. The number of carbonyl (C=O) groups is 1. The third-order valence-corrected chi connectivity index (χ3v) is 5.47. The van der Waals surface area contributed by atoms with Crippen molar-refractivity contribution in [3.63, 3.8) is 0 Å². The maximum absolute atomic E-state index is 12.2. The van der Waals surface area contributed by atoms with Crippen LogP contribution < -0.4 is 10.1 Å². The number of pyridine rings is 3. The van der Waals surface area contributed by atoms with Gasteiger partial charge in [0.1, 0.15) is 22.7 Å². The van der Waals surface area contributed by atoms with Crippen LogP contribution in [-0.2, 0) is 0 Å². The summed E-state index contributed by atoms with van der Waals surface area (Å²) in [6, 6.07) is 19.9. The molecule has 4 rings (SSSR count). The van der Waals surface area contributed by atoms with E-state index in [1.54, 1.807) is 62.9 Å². The number of nitrogens with one attached hydrogen (secondary N) is 1. The van der Waals surface area contributed by atoms with Gasteiger partial charge >= 0.3 is 0 Å².